The second-order valence-electron chi connectivity index (χ2n) is 3.35. The van der Waals surface area contributed by atoms with Crippen molar-refractivity contribution in [3.8, 4) is 5.75 Å². The number of rotatable bonds is 2. The van der Waals surface area contributed by atoms with Gasteiger partial charge in [0.2, 0.25) is 0 Å². The molecule has 1 aliphatic heterocycles. The van der Waals surface area contributed by atoms with E-state index in [2.05, 4.69) is 22.5 Å². The number of thiocarbonyl (C=S) groups is 1. The van der Waals surface area contributed by atoms with Crippen molar-refractivity contribution in [3.63, 3.8) is 0 Å². The van der Waals surface area contributed by atoms with E-state index in [1.165, 1.54) is 13.2 Å². The summed E-state index contributed by atoms with van der Waals surface area (Å²) in [4.78, 5) is 13.2. The SMILES string of the molecule is C=C1SC(=S)N(c2ccc(OC)c(Br)c2F)C1=O. The molecule has 7 heteroatoms. The molecule has 18 heavy (non-hydrogen) atoms. The molecule has 1 aliphatic rings. The van der Waals surface area contributed by atoms with Crippen molar-refractivity contribution in [1.82, 2.24) is 0 Å². The molecule has 0 bridgehead atoms. The second kappa shape index (κ2) is 4.99. The summed E-state index contributed by atoms with van der Waals surface area (Å²) in [5, 5.41) is 0. The number of halogens is 2. The molecule has 3 nitrogen and oxygen atoms in total. The number of benzene rings is 1. The molecule has 1 aromatic carbocycles. The molecule has 0 aromatic heterocycles. The Labute approximate surface area is 121 Å². The number of carbonyl (C=O) groups excluding carboxylic acids is 1. The molecule has 0 unspecified atom stereocenters. The number of methoxy groups -OCH3 is 1. The van der Waals surface area contributed by atoms with Crippen LogP contribution in [0.2, 0.25) is 0 Å². The van der Waals surface area contributed by atoms with Gasteiger partial charge in [-0.3, -0.25) is 9.69 Å². The molecule has 0 atom stereocenters. The molecule has 1 heterocycles. The van der Waals surface area contributed by atoms with Crippen molar-refractivity contribution in [3.05, 3.63) is 33.9 Å². The second-order valence-corrected chi connectivity index (χ2v) is 5.87. The molecule has 1 amide bonds. The minimum Gasteiger partial charge on any atom is -0.495 e. The summed E-state index contributed by atoms with van der Waals surface area (Å²) >= 11 is 9.17. The fraction of sp³-hybridized carbons (Fsp3) is 0.0909. The van der Waals surface area contributed by atoms with Gasteiger partial charge in [-0.05, 0) is 28.1 Å². The first-order valence-electron chi connectivity index (χ1n) is 4.74. The third-order valence-corrected chi connectivity index (χ3v) is 4.27. The topological polar surface area (TPSA) is 29.5 Å². The van der Waals surface area contributed by atoms with Crippen LogP contribution in [0, 0.1) is 5.82 Å². The Balaban J connectivity index is 2.53. The van der Waals surface area contributed by atoms with Crippen LogP contribution < -0.4 is 9.64 Å². The van der Waals surface area contributed by atoms with E-state index in [9.17, 15) is 9.18 Å². The lowest BCUT2D eigenvalue weighted by Crippen LogP contribution is -2.28. The molecule has 1 fully saturated rings. The van der Waals surface area contributed by atoms with E-state index in [0.717, 1.165) is 16.7 Å². The van der Waals surface area contributed by atoms with Crippen molar-refractivity contribution in [2.24, 2.45) is 0 Å². The zero-order valence-corrected chi connectivity index (χ0v) is 12.4. The lowest BCUT2D eigenvalue weighted by molar-refractivity contribution is -0.113. The van der Waals surface area contributed by atoms with Crippen LogP contribution >= 0.6 is 39.9 Å². The smallest absolute Gasteiger partial charge is 0.270 e. The van der Waals surface area contributed by atoms with Crippen molar-refractivity contribution in [1.29, 1.82) is 0 Å². The van der Waals surface area contributed by atoms with E-state index in [-0.39, 0.29) is 19.4 Å². The third kappa shape index (κ3) is 2.06. The lowest BCUT2D eigenvalue weighted by Gasteiger charge is -2.17. The maximum absolute atomic E-state index is 14.2. The molecule has 1 aromatic rings. The van der Waals surface area contributed by atoms with E-state index >= 15 is 0 Å². The van der Waals surface area contributed by atoms with E-state index < -0.39 is 11.7 Å². The van der Waals surface area contributed by atoms with Crippen molar-refractivity contribution in [2.45, 2.75) is 0 Å². The minimum absolute atomic E-state index is 0.0869. The number of carbonyl (C=O) groups is 1. The summed E-state index contributed by atoms with van der Waals surface area (Å²) in [7, 11) is 1.43. The zero-order chi connectivity index (χ0) is 13.4. The van der Waals surface area contributed by atoms with Crippen LogP contribution in [0.15, 0.2) is 28.1 Å². The Morgan fingerprint density at radius 2 is 2.22 bits per heavy atom. The Kier molecular flexibility index (Phi) is 3.74. The Morgan fingerprint density at radius 3 is 2.72 bits per heavy atom. The number of anilines is 1. The van der Waals surface area contributed by atoms with Crippen LogP contribution in [0.4, 0.5) is 10.1 Å². The summed E-state index contributed by atoms with van der Waals surface area (Å²) < 4.78 is 19.5. The van der Waals surface area contributed by atoms with E-state index in [0.29, 0.717) is 5.75 Å². The van der Waals surface area contributed by atoms with Gasteiger partial charge >= 0.3 is 0 Å². The number of thioether (sulfide) groups is 1. The van der Waals surface area contributed by atoms with Crippen LogP contribution in [0.1, 0.15) is 0 Å². The molecular weight excluding hydrogens is 341 g/mol. The minimum atomic E-state index is -0.597. The van der Waals surface area contributed by atoms with Gasteiger partial charge in [-0.2, -0.15) is 0 Å². The predicted molar refractivity (Wildman–Crippen MR) is 77.5 cm³/mol. The van der Waals surface area contributed by atoms with Crippen LogP contribution in [-0.4, -0.2) is 17.3 Å². The first-order chi connectivity index (χ1) is 8.47. The Morgan fingerprint density at radius 1 is 1.56 bits per heavy atom. The molecule has 0 N–H and O–H groups in total. The van der Waals surface area contributed by atoms with Gasteiger partial charge in [0.25, 0.3) is 5.91 Å². The largest absolute Gasteiger partial charge is 0.495 e. The normalized spacial score (nSPS) is 15.5. The van der Waals surface area contributed by atoms with Gasteiger partial charge in [-0.1, -0.05) is 30.6 Å². The molecule has 1 saturated heterocycles. The monoisotopic (exact) mass is 347 g/mol. The standard InChI is InChI=1S/C11H7BrFNO2S2/c1-5-10(15)14(11(17)18-5)6-3-4-7(16-2)8(12)9(6)13/h3-4H,1H2,2H3. The highest BCUT2D eigenvalue weighted by Gasteiger charge is 2.34. The molecule has 0 spiro atoms. The van der Waals surface area contributed by atoms with E-state index in [4.69, 9.17) is 17.0 Å². The predicted octanol–water partition coefficient (Wildman–Crippen LogP) is 3.48. The molecule has 0 saturated carbocycles. The molecule has 0 aliphatic carbocycles. The van der Waals surface area contributed by atoms with Gasteiger partial charge in [0.05, 0.1) is 22.2 Å². The van der Waals surface area contributed by atoms with E-state index in [1.54, 1.807) is 6.07 Å². The summed E-state index contributed by atoms with van der Waals surface area (Å²) in [6.07, 6.45) is 0. The maximum Gasteiger partial charge on any atom is 0.270 e. The first kappa shape index (κ1) is 13.5. The van der Waals surface area contributed by atoms with Gasteiger partial charge in [0.15, 0.2) is 10.1 Å². The average Bonchev–Trinajstić information content (AvgIpc) is 2.58. The summed E-state index contributed by atoms with van der Waals surface area (Å²) in [5.74, 6) is -0.651. The number of hydrogen-bond acceptors (Lipinski definition) is 4. The van der Waals surface area contributed by atoms with Crippen molar-refractivity contribution in [2.75, 3.05) is 12.0 Å². The first-order valence-corrected chi connectivity index (χ1v) is 6.76. The quantitative estimate of drug-likeness (QED) is 0.605. The maximum atomic E-state index is 14.2. The van der Waals surface area contributed by atoms with Crippen LogP contribution in [0.25, 0.3) is 0 Å². The number of ether oxygens (including phenoxy) is 1. The van der Waals surface area contributed by atoms with Gasteiger partial charge in [0, 0.05) is 0 Å². The number of amides is 1. The summed E-state index contributed by atoms with van der Waals surface area (Å²) in [6, 6.07) is 3.01. The lowest BCUT2D eigenvalue weighted by atomic mass is 10.2. The number of nitrogens with zero attached hydrogens (tertiary/aromatic N) is 1. The zero-order valence-electron chi connectivity index (χ0n) is 9.20. The Hall–Kier alpha value is -0.920. The highest BCUT2D eigenvalue weighted by atomic mass is 79.9. The fourth-order valence-corrected chi connectivity index (χ4v) is 3.10. The van der Waals surface area contributed by atoms with Gasteiger partial charge < -0.3 is 4.74 Å². The van der Waals surface area contributed by atoms with E-state index in [1.807, 2.05) is 0 Å². The van der Waals surface area contributed by atoms with Gasteiger partial charge in [0.1, 0.15) is 5.75 Å². The van der Waals surface area contributed by atoms with Crippen molar-refractivity contribution < 1.29 is 13.9 Å². The van der Waals surface area contributed by atoms with Crippen LogP contribution in [0.3, 0.4) is 0 Å². The Bertz CT molecular complexity index is 576. The van der Waals surface area contributed by atoms with Gasteiger partial charge in [-0.15, -0.1) is 0 Å². The highest BCUT2D eigenvalue weighted by Crippen LogP contribution is 2.39. The van der Waals surface area contributed by atoms with Crippen LogP contribution in [-0.2, 0) is 4.79 Å². The van der Waals surface area contributed by atoms with Crippen molar-refractivity contribution >= 4 is 55.8 Å². The third-order valence-electron chi connectivity index (χ3n) is 2.32. The molecule has 94 valence electrons. The number of hydrogen-bond donors (Lipinski definition) is 0. The van der Waals surface area contributed by atoms with Gasteiger partial charge in [-0.25, -0.2) is 4.39 Å². The summed E-state index contributed by atoms with van der Waals surface area (Å²) in [5.41, 5.74) is 0.0869. The average molecular weight is 348 g/mol. The molecule has 0 radical (unpaired) electrons. The molecule has 2 rings (SSSR count). The molecular formula is C11H7BrFNO2S2. The fourth-order valence-electron chi connectivity index (χ4n) is 1.46. The van der Waals surface area contributed by atoms with Crippen LogP contribution in [0.5, 0.6) is 5.75 Å². The summed E-state index contributed by atoms with van der Waals surface area (Å²) in [6.45, 7) is 3.57. The highest BCUT2D eigenvalue weighted by molar-refractivity contribution is 9.10.